The molecule has 3 N–H and O–H groups in total. The Morgan fingerprint density at radius 2 is 2.31 bits per heavy atom. The van der Waals surface area contributed by atoms with E-state index in [0.29, 0.717) is 12.0 Å². The number of nitrogens with two attached hydrogens (primary N) is 1. The van der Waals surface area contributed by atoms with Gasteiger partial charge in [0.2, 0.25) is 0 Å². The normalized spacial score (nSPS) is 17.2. The third-order valence-corrected chi connectivity index (χ3v) is 4.64. The van der Waals surface area contributed by atoms with Crippen molar-refractivity contribution in [1.82, 2.24) is 4.98 Å². The average Bonchev–Trinajstić information content (AvgIpc) is 2.59. The van der Waals surface area contributed by atoms with Gasteiger partial charge in [0.05, 0.1) is 0 Å². The van der Waals surface area contributed by atoms with Gasteiger partial charge < -0.3 is 11.1 Å². The van der Waals surface area contributed by atoms with E-state index in [2.05, 4.69) is 24.1 Å². The van der Waals surface area contributed by atoms with E-state index >= 15 is 0 Å². The minimum atomic E-state index is 0.382. The largest absolute Gasteiger partial charge is 0.361 e. The predicted molar refractivity (Wildman–Crippen MR) is 69.6 cm³/mol. The fourth-order valence-corrected chi connectivity index (χ4v) is 2.81. The van der Waals surface area contributed by atoms with Gasteiger partial charge >= 0.3 is 0 Å². The zero-order chi connectivity index (χ0) is 11.6. The number of hydrogen-bond donors (Lipinski definition) is 2. The highest BCUT2D eigenvalue weighted by atomic mass is 32.1. The minimum Gasteiger partial charge on any atom is -0.361 e. The van der Waals surface area contributed by atoms with Crippen molar-refractivity contribution in [3.8, 4) is 0 Å². The Kier molecular flexibility index (Phi) is 3.50. The SMILES string of the molecule is CC(C)(CNc1ncc(CN)s1)C1CCC1. The minimum absolute atomic E-state index is 0.382. The molecule has 1 aliphatic carbocycles. The molecule has 2 rings (SSSR count). The summed E-state index contributed by atoms with van der Waals surface area (Å²) in [6, 6.07) is 0. The summed E-state index contributed by atoms with van der Waals surface area (Å²) >= 11 is 1.66. The van der Waals surface area contributed by atoms with E-state index in [4.69, 9.17) is 5.73 Å². The monoisotopic (exact) mass is 239 g/mol. The molecule has 0 bridgehead atoms. The summed E-state index contributed by atoms with van der Waals surface area (Å²) in [6.45, 7) is 6.29. The molecule has 0 spiro atoms. The number of anilines is 1. The predicted octanol–water partition coefficient (Wildman–Crippen LogP) is 2.84. The molecule has 3 nitrogen and oxygen atoms in total. The quantitative estimate of drug-likeness (QED) is 0.830. The first-order valence-corrected chi connectivity index (χ1v) is 6.82. The number of thiazole rings is 1. The molecular formula is C12H21N3S. The van der Waals surface area contributed by atoms with Crippen molar-refractivity contribution in [3.63, 3.8) is 0 Å². The van der Waals surface area contributed by atoms with Crippen LogP contribution in [-0.4, -0.2) is 11.5 Å². The Labute approximate surface area is 101 Å². The Morgan fingerprint density at radius 3 is 2.81 bits per heavy atom. The molecule has 0 radical (unpaired) electrons. The number of nitrogens with zero attached hydrogens (tertiary/aromatic N) is 1. The standard InChI is InChI=1S/C12H21N3S/c1-12(2,9-4-3-5-9)8-15-11-14-7-10(6-13)16-11/h7,9H,3-6,8,13H2,1-2H3,(H,14,15). The highest BCUT2D eigenvalue weighted by Crippen LogP contribution is 2.41. The molecule has 0 unspecified atom stereocenters. The van der Waals surface area contributed by atoms with Gasteiger partial charge in [-0.2, -0.15) is 0 Å². The molecule has 0 aliphatic heterocycles. The molecular weight excluding hydrogens is 218 g/mol. The Balaban J connectivity index is 1.86. The van der Waals surface area contributed by atoms with Gasteiger partial charge in [0, 0.05) is 24.2 Å². The van der Waals surface area contributed by atoms with Crippen LogP contribution in [0.3, 0.4) is 0 Å². The van der Waals surface area contributed by atoms with Crippen LogP contribution in [0.2, 0.25) is 0 Å². The van der Waals surface area contributed by atoms with E-state index < -0.39 is 0 Å². The third-order valence-electron chi connectivity index (χ3n) is 3.66. The van der Waals surface area contributed by atoms with Crippen LogP contribution in [0.15, 0.2) is 6.20 Å². The molecule has 0 saturated heterocycles. The van der Waals surface area contributed by atoms with Gasteiger partial charge in [-0.15, -0.1) is 11.3 Å². The topological polar surface area (TPSA) is 50.9 Å². The van der Waals surface area contributed by atoms with Crippen LogP contribution in [-0.2, 0) is 6.54 Å². The van der Waals surface area contributed by atoms with Gasteiger partial charge in [0.15, 0.2) is 5.13 Å². The lowest BCUT2D eigenvalue weighted by molar-refractivity contribution is 0.134. The summed E-state index contributed by atoms with van der Waals surface area (Å²) in [6.07, 6.45) is 6.05. The van der Waals surface area contributed by atoms with Crippen molar-refractivity contribution in [2.75, 3.05) is 11.9 Å². The van der Waals surface area contributed by atoms with E-state index in [1.54, 1.807) is 11.3 Å². The first-order valence-electron chi connectivity index (χ1n) is 6.00. The van der Waals surface area contributed by atoms with Gasteiger partial charge in [-0.1, -0.05) is 20.3 Å². The van der Waals surface area contributed by atoms with Gasteiger partial charge in [-0.3, -0.25) is 0 Å². The van der Waals surface area contributed by atoms with Crippen LogP contribution in [0.4, 0.5) is 5.13 Å². The Hall–Kier alpha value is -0.610. The van der Waals surface area contributed by atoms with Crippen LogP contribution < -0.4 is 11.1 Å². The van der Waals surface area contributed by atoms with Crippen LogP contribution in [0.5, 0.6) is 0 Å². The molecule has 4 heteroatoms. The Bertz CT molecular complexity index is 342. The number of rotatable bonds is 5. The lowest BCUT2D eigenvalue weighted by Gasteiger charge is -2.40. The third kappa shape index (κ3) is 2.55. The zero-order valence-corrected chi connectivity index (χ0v) is 10.9. The van der Waals surface area contributed by atoms with E-state index in [9.17, 15) is 0 Å². The second-order valence-corrected chi connectivity index (χ2v) is 6.42. The molecule has 1 heterocycles. The van der Waals surface area contributed by atoms with Crippen LogP contribution >= 0.6 is 11.3 Å². The van der Waals surface area contributed by atoms with Crippen molar-refractivity contribution in [3.05, 3.63) is 11.1 Å². The number of nitrogens with one attached hydrogen (secondary N) is 1. The van der Waals surface area contributed by atoms with Crippen LogP contribution in [0.1, 0.15) is 38.0 Å². The van der Waals surface area contributed by atoms with Gasteiger partial charge in [0.25, 0.3) is 0 Å². The molecule has 0 aromatic carbocycles. The zero-order valence-electron chi connectivity index (χ0n) is 10.1. The summed E-state index contributed by atoms with van der Waals surface area (Å²) in [5.41, 5.74) is 5.95. The molecule has 0 atom stereocenters. The second kappa shape index (κ2) is 4.72. The summed E-state index contributed by atoms with van der Waals surface area (Å²) < 4.78 is 0. The maximum absolute atomic E-state index is 5.57. The molecule has 16 heavy (non-hydrogen) atoms. The second-order valence-electron chi connectivity index (χ2n) is 5.31. The molecule has 90 valence electrons. The highest BCUT2D eigenvalue weighted by Gasteiger charge is 2.33. The van der Waals surface area contributed by atoms with E-state index in [-0.39, 0.29) is 0 Å². The van der Waals surface area contributed by atoms with E-state index in [0.717, 1.165) is 22.5 Å². The first kappa shape index (κ1) is 11.9. The first-order chi connectivity index (χ1) is 7.62. The maximum Gasteiger partial charge on any atom is 0.182 e. The molecule has 1 fully saturated rings. The molecule has 1 aromatic rings. The average molecular weight is 239 g/mol. The lowest BCUT2D eigenvalue weighted by atomic mass is 9.67. The fourth-order valence-electron chi connectivity index (χ4n) is 2.12. The molecule has 1 saturated carbocycles. The molecule has 1 aliphatic rings. The van der Waals surface area contributed by atoms with Crippen molar-refractivity contribution in [2.45, 2.75) is 39.7 Å². The van der Waals surface area contributed by atoms with Crippen molar-refractivity contribution >= 4 is 16.5 Å². The summed E-state index contributed by atoms with van der Waals surface area (Å²) in [5.74, 6) is 0.883. The summed E-state index contributed by atoms with van der Waals surface area (Å²) in [5, 5.41) is 4.45. The summed E-state index contributed by atoms with van der Waals surface area (Å²) in [7, 11) is 0. The van der Waals surface area contributed by atoms with Gasteiger partial charge in [-0.05, 0) is 24.2 Å². The van der Waals surface area contributed by atoms with Crippen molar-refractivity contribution in [1.29, 1.82) is 0 Å². The van der Waals surface area contributed by atoms with Crippen LogP contribution in [0.25, 0.3) is 0 Å². The van der Waals surface area contributed by atoms with E-state index in [1.165, 1.54) is 19.3 Å². The fraction of sp³-hybridized carbons (Fsp3) is 0.750. The summed E-state index contributed by atoms with van der Waals surface area (Å²) in [4.78, 5) is 5.46. The number of aromatic nitrogens is 1. The molecule has 1 aromatic heterocycles. The maximum atomic E-state index is 5.57. The van der Waals surface area contributed by atoms with E-state index in [1.807, 2.05) is 6.20 Å². The lowest BCUT2D eigenvalue weighted by Crippen LogP contribution is -2.35. The van der Waals surface area contributed by atoms with Gasteiger partial charge in [0.1, 0.15) is 0 Å². The highest BCUT2D eigenvalue weighted by molar-refractivity contribution is 7.15. The van der Waals surface area contributed by atoms with Gasteiger partial charge in [-0.25, -0.2) is 4.98 Å². The smallest absolute Gasteiger partial charge is 0.182 e. The van der Waals surface area contributed by atoms with Crippen molar-refractivity contribution < 1.29 is 0 Å². The molecule has 0 amide bonds. The van der Waals surface area contributed by atoms with Crippen molar-refractivity contribution in [2.24, 2.45) is 17.1 Å². The Morgan fingerprint density at radius 1 is 1.56 bits per heavy atom. The van der Waals surface area contributed by atoms with Crippen LogP contribution in [0, 0.1) is 11.3 Å². The number of hydrogen-bond acceptors (Lipinski definition) is 4.